The molecule has 0 aliphatic carbocycles. The first-order chi connectivity index (χ1) is 11.6. The molecular formula is C19H19NO4. The fraction of sp³-hybridized carbons (Fsp3) is 0.316. The Kier molecular flexibility index (Phi) is 5.01. The van der Waals surface area contributed by atoms with Crippen molar-refractivity contribution in [1.82, 2.24) is 5.32 Å². The number of esters is 2. The number of hydrogen-bond donors (Lipinski definition) is 1. The Morgan fingerprint density at radius 2 is 1.83 bits per heavy atom. The van der Waals surface area contributed by atoms with E-state index in [1.165, 1.54) is 0 Å². The van der Waals surface area contributed by atoms with Crippen LogP contribution in [-0.2, 0) is 14.3 Å². The second-order valence-corrected chi connectivity index (χ2v) is 5.93. The summed E-state index contributed by atoms with van der Waals surface area (Å²) in [5, 5.41) is 5.01. The van der Waals surface area contributed by atoms with E-state index < -0.39 is 18.0 Å². The van der Waals surface area contributed by atoms with Gasteiger partial charge in [0.05, 0.1) is 6.42 Å². The smallest absolute Gasteiger partial charge is 0.330 e. The molecule has 5 heteroatoms. The molecule has 0 saturated carbocycles. The summed E-state index contributed by atoms with van der Waals surface area (Å²) in [6.07, 6.45) is 1.52. The van der Waals surface area contributed by atoms with Crippen LogP contribution in [0.25, 0.3) is 10.8 Å². The Bertz CT molecular complexity index is 778. The van der Waals surface area contributed by atoms with Crippen molar-refractivity contribution < 1.29 is 19.1 Å². The first kappa shape index (κ1) is 16.3. The molecule has 0 unspecified atom stereocenters. The standard InChI is InChI=1S/C19H19NO4/c21-17(15-8-7-13-4-1-2-5-14(13)12-15)9-10-18(22)24-19(23)16-6-3-11-20-16/h1-2,4-5,7-8,12,16,20H,3,6,9-11H2/t16-/m0/s1. The molecule has 0 aromatic heterocycles. The maximum Gasteiger partial charge on any atom is 0.330 e. The van der Waals surface area contributed by atoms with Crippen LogP contribution in [0.5, 0.6) is 0 Å². The van der Waals surface area contributed by atoms with Crippen molar-refractivity contribution in [1.29, 1.82) is 0 Å². The number of carbonyl (C=O) groups excluding carboxylic acids is 3. The van der Waals surface area contributed by atoms with E-state index in [1.807, 2.05) is 36.4 Å². The van der Waals surface area contributed by atoms with Gasteiger partial charge in [0, 0.05) is 12.0 Å². The molecule has 2 aromatic carbocycles. The average Bonchev–Trinajstić information content (AvgIpc) is 3.14. The lowest BCUT2D eigenvalue weighted by Crippen LogP contribution is -2.33. The molecule has 1 saturated heterocycles. The first-order valence-electron chi connectivity index (χ1n) is 8.13. The van der Waals surface area contributed by atoms with Gasteiger partial charge in [0.25, 0.3) is 0 Å². The third-order valence-electron chi connectivity index (χ3n) is 4.19. The minimum Gasteiger partial charge on any atom is -0.392 e. The van der Waals surface area contributed by atoms with E-state index in [0.29, 0.717) is 12.0 Å². The van der Waals surface area contributed by atoms with Gasteiger partial charge in [0.1, 0.15) is 6.04 Å². The van der Waals surface area contributed by atoms with E-state index in [0.717, 1.165) is 23.7 Å². The second kappa shape index (κ2) is 7.36. The van der Waals surface area contributed by atoms with E-state index in [9.17, 15) is 14.4 Å². The van der Waals surface area contributed by atoms with Crippen molar-refractivity contribution in [3.8, 4) is 0 Å². The van der Waals surface area contributed by atoms with Gasteiger partial charge < -0.3 is 10.1 Å². The summed E-state index contributed by atoms with van der Waals surface area (Å²) < 4.78 is 4.80. The van der Waals surface area contributed by atoms with Crippen molar-refractivity contribution in [3.05, 3.63) is 48.0 Å². The highest BCUT2D eigenvalue weighted by atomic mass is 16.6. The van der Waals surface area contributed by atoms with Gasteiger partial charge in [-0.2, -0.15) is 0 Å². The lowest BCUT2D eigenvalue weighted by molar-refractivity contribution is -0.160. The number of Topliss-reactive ketones (excluding diaryl/α,β-unsaturated/α-hetero) is 1. The van der Waals surface area contributed by atoms with Crippen LogP contribution in [-0.4, -0.2) is 30.3 Å². The number of nitrogens with one attached hydrogen (secondary N) is 1. The molecule has 2 aromatic rings. The molecule has 5 nitrogen and oxygen atoms in total. The van der Waals surface area contributed by atoms with Crippen molar-refractivity contribution in [2.45, 2.75) is 31.7 Å². The molecule has 0 amide bonds. The molecule has 0 spiro atoms. The fourth-order valence-corrected chi connectivity index (χ4v) is 2.84. The normalized spacial score (nSPS) is 16.9. The molecule has 24 heavy (non-hydrogen) atoms. The third-order valence-corrected chi connectivity index (χ3v) is 4.19. The predicted molar refractivity (Wildman–Crippen MR) is 89.6 cm³/mol. The van der Waals surface area contributed by atoms with Crippen molar-refractivity contribution >= 4 is 28.5 Å². The fourth-order valence-electron chi connectivity index (χ4n) is 2.84. The quantitative estimate of drug-likeness (QED) is 0.520. The molecule has 3 rings (SSSR count). The van der Waals surface area contributed by atoms with Gasteiger partial charge in [-0.15, -0.1) is 0 Å². The Balaban J connectivity index is 1.54. The predicted octanol–water partition coefficient (Wildman–Crippen LogP) is 2.62. The third kappa shape index (κ3) is 3.86. The van der Waals surface area contributed by atoms with Crippen molar-refractivity contribution in [2.24, 2.45) is 0 Å². The van der Waals surface area contributed by atoms with E-state index in [1.54, 1.807) is 6.07 Å². The largest absolute Gasteiger partial charge is 0.392 e. The highest BCUT2D eigenvalue weighted by Gasteiger charge is 2.25. The minimum absolute atomic E-state index is 0.0303. The number of ketones is 1. The SMILES string of the molecule is O=C(CCC(=O)c1ccc2ccccc2c1)OC(=O)[C@@H]1CCCN1. The summed E-state index contributed by atoms with van der Waals surface area (Å²) in [6.45, 7) is 0.758. The summed E-state index contributed by atoms with van der Waals surface area (Å²) in [4.78, 5) is 35.7. The maximum atomic E-state index is 12.2. The summed E-state index contributed by atoms with van der Waals surface area (Å²) in [5.41, 5.74) is 0.560. The maximum absolute atomic E-state index is 12.2. The molecule has 1 atom stereocenters. The van der Waals surface area contributed by atoms with Crippen molar-refractivity contribution in [2.75, 3.05) is 6.54 Å². The lowest BCUT2D eigenvalue weighted by Gasteiger charge is -2.08. The number of fused-ring (bicyclic) bond motifs is 1. The average molecular weight is 325 g/mol. The summed E-state index contributed by atoms with van der Waals surface area (Å²) in [6, 6.07) is 12.8. The molecule has 0 radical (unpaired) electrons. The van der Waals surface area contributed by atoms with Crippen LogP contribution in [0.4, 0.5) is 0 Å². The lowest BCUT2D eigenvalue weighted by atomic mass is 10.0. The van der Waals surface area contributed by atoms with Gasteiger partial charge >= 0.3 is 11.9 Å². The number of carbonyl (C=O) groups is 3. The molecule has 1 fully saturated rings. The highest BCUT2D eigenvalue weighted by molar-refractivity contribution is 6.01. The Morgan fingerprint density at radius 1 is 1.04 bits per heavy atom. The summed E-state index contributed by atoms with van der Waals surface area (Å²) in [7, 11) is 0. The number of rotatable bonds is 5. The number of ether oxygens (including phenoxy) is 1. The summed E-state index contributed by atoms with van der Waals surface area (Å²) >= 11 is 0. The molecule has 1 aliphatic rings. The topological polar surface area (TPSA) is 72.5 Å². The highest BCUT2D eigenvalue weighted by Crippen LogP contribution is 2.17. The van der Waals surface area contributed by atoms with E-state index in [2.05, 4.69) is 5.32 Å². The molecule has 1 aliphatic heterocycles. The van der Waals surface area contributed by atoms with E-state index >= 15 is 0 Å². The van der Waals surface area contributed by atoms with Gasteiger partial charge in [0.2, 0.25) is 0 Å². The second-order valence-electron chi connectivity index (χ2n) is 5.93. The molecule has 1 N–H and O–H groups in total. The zero-order chi connectivity index (χ0) is 16.9. The van der Waals surface area contributed by atoms with Crippen LogP contribution in [0.3, 0.4) is 0 Å². The zero-order valence-corrected chi connectivity index (χ0v) is 13.3. The molecule has 1 heterocycles. The summed E-state index contributed by atoms with van der Waals surface area (Å²) in [5.74, 6) is -1.33. The minimum atomic E-state index is -0.650. The van der Waals surface area contributed by atoms with Gasteiger partial charge in [-0.3, -0.25) is 9.59 Å². The van der Waals surface area contributed by atoms with Gasteiger partial charge in [-0.1, -0.05) is 36.4 Å². The Hall–Kier alpha value is -2.53. The number of hydrogen-bond acceptors (Lipinski definition) is 5. The number of benzene rings is 2. The zero-order valence-electron chi connectivity index (χ0n) is 13.3. The van der Waals surface area contributed by atoms with Crippen LogP contribution in [0, 0.1) is 0 Å². The van der Waals surface area contributed by atoms with Crippen LogP contribution in [0.15, 0.2) is 42.5 Å². The van der Waals surface area contributed by atoms with Gasteiger partial charge in [-0.05, 0) is 36.2 Å². The Morgan fingerprint density at radius 3 is 2.58 bits per heavy atom. The van der Waals surface area contributed by atoms with Crippen LogP contribution >= 0.6 is 0 Å². The molecule has 124 valence electrons. The Labute approximate surface area is 140 Å². The van der Waals surface area contributed by atoms with Crippen LogP contribution in [0.1, 0.15) is 36.0 Å². The van der Waals surface area contributed by atoms with Crippen molar-refractivity contribution in [3.63, 3.8) is 0 Å². The first-order valence-corrected chi connectivity index (χ1v) is 8.13. The molecular weight excluding hydrogens is 306 g/mol. The van der Waals surface area contributed by atoms with Gasteiger partial charge in [0.15, 0.2) is 5.78 Å². The van der Waals surface area contributed by atoms with E-state index in [-0.39, 0.29) is 18.6 Å². The van der Waals surface area contributed by atoms with Crippen LogP contribution < -0.4 is 5.32 Å². The monoisotopic (exact) mass is 325 g/mol. The molecule has 0 bridgehead atoms. The van der Waals surface area contributed by atoms with E-state index in [4.69, 9.17) is 4.74 Å². The van der Waals surface area contributed by atoms with Crippen LogP contribution in [0.2, 0.25) is 0 Å². The van der Waals surface area contributed by atoms with Gasteiger partial charge in [-0.25, -0.2) is 4.79 Å².